The highest BCUT2D eigenvalue weighted by molar-refractivity contribution is 6.07. The third-order valence-electron chi connectivity index (χ3n) is 1.78. The SMILES string of the molecule is CC(C)/C(CO)=C1\OC(=O)NC1=O. The molecule has 1 fully saturated rings. The summed E-state index contributed by atoms with van der Waals surface area (Å²) >= 11 is 0. The average molecular weight is 185 g/mol. The first-order chi connectivity index (χ1) is 6.06. The second kappa shape index (κ2) is 3.57. The van der Waals surface area contributed by atoms with Crippen molar-refractivity contribution in [3.8, 4) is 0 Å². The molecule has 2 amide bonds. The summed E-state index contributed by atoms with van der Waals surface area (Å²) in [7, 11) is 0. The Balaban J connectivity index is 3.01. The Morgan fingerprint density at radius 3 is 2.46 bits per heavy atom. The molecule has 0 bridgehead atoms. The highest BCUT2D eigenvalue weighted by Gasteiger charge is 2.30. The third-order valence-corrected chi connectivity index (χ3v) is 1.78. The zero-order valence-corrected chi connectivity index (χ0v) is 7.46. The second-order valence-corrected chi connectivity index (χ2v) is 3.01. The van der Waals surface area contributed by atoms with Gasteiger partial charge in [-0.3, -0.25) is 10.1 Å². The first kappa shape index (κ1) is 9.73. The summed E-state index contributed by atoms with van der Waals surface area (Å²) in [5.41, 5.74) is 0.434. The number of nitrogens with one attached hydrogen (secondary N) is 1. The molecule has 1 heterocycles. The molecule has 0 spiro atoms. The van der Waals surface area contributed by atoms with E-state index in [1.807, 2.05) is 5.32 Å². The van der Waals surface area contributed by atoms with Gasteiger partial charge >= 0.3 is 6.09 Å². The summed E-state index contributed by atoms with van der Waals surface area (Å²) in [6.07, 6.45) is -0.786. The number of amides is 2. The van der Waals surface area contributed by atoms with Crippen molar-refractivity contribution in [3.05, 3.63) is 11.3 Å². The Kier molecular flexibility index (Phi) is 2.67. The molecule has 5 heteroatoms. The van der Waals surface area contributed by atoms with E-state index in [1.54, 1.807) is 13.8 Å². The minimum absolute atomic E-state index is 0.0309. The lowest BCUT2D eigenvalue weighted by Gasteiger charge is -2.08. The first-order valence-electron chi connectivity index (χ1n) is 3.93. The Morgan fingerprint density at radius 2 is 2.15 bits per heavy atom. The van der Waals surface area contributed by atoms with Crippen molar-refractivity contribution in [1.29, 1.82) is 0 Å². The standard InChI is InChI=1S/C8H11NO4/c1-4(2)5(3-10)6-7(11)9-8(12)13-6/h4,10H,3H2,1-2H3,(H,9,11,12)/b6-5-. The van der Waals surface area contributed by atoms with Gasteiger partial charge in [-0.1, -0.05) is 13.8 Å². The summed E-state index contributed by atoms with van der Waals surface area (Å²) in [6.45, 7) is 3.32. The molecule has 1 aliphatic rings. The molecule has 1 saturated heterocycles. The van der Waals surface area contributed by atoms with Crippen LogP contribution in [0.1, 0.15) is 13.8 Å². The van der Waals surface area contributed by atoms with Crippen molar-refractivity contribution in [3.63, 3.8) is 0 Å². The van der Waals surface area contributed by atoms with Crippen molar-refractivity contribution in [2.24, 2.45) is 5.92 Å². The van der Waals surface area contributed by atoms with Crippen LogP contribution in [-0.2, 0) is 9.53 Å². The van der Waals surface area contributed by atoms with Crippen molar-refractivity contribution >= 4 is 12.0 Å². The van der Waals surface area contributed by atoms with Crippen LogP contribution in [0.2, 0.25) is 0 Å². The lowest BCUT2D eigenvalue weighted by atomic mass is 10.0. The number of alkyl carbamates (subject to hydrolysis) is 1. The normalized spacial score (nSPS) is 20.3. The van der Waals surface area contributed by atoms with E-state index >= 15 is 0 Å². The van der Waals surface area contributed by atoms with E-state index in [1.165, 1.54) is 0 Å². The first-order valence-corrected chi connectivity index (χ1v) is 3.93. The van der Waals surface area contributed by atoms with Crippen molar-refractivity contribution in [1.82, 2.24) is 5.32 Å². The summed E-state index contributed by atoms with van der Waals surface area (Å²) in [5, 5.41) is 10.9. The molecule has 0 saturated carbocycles. The molecule has 2 N–H and O–H groups in total. The largest absolute Gasteiger partial charge is 0.419 e. The Labute approximate surface area is 75.4 Å². The van der Waals surface area contributed by atoms with Gasteiger partial charge in [-0.05, 0) is 5.92 Å². The zero-order valence-electron chi connectivity index (χ0n) is 7.46. The second-order valence-electron chi connectivity index (χ2n) is 3.01. The minimum atomic E-state index is -0.786. The van der Waals surface area contributed by atoms with E-state index in [-0.39, 0.29) is 18.3 Å². The van der Waals surface area contributed by atoms with Gasteiger partial charge in [0.25, 0.3) is 5.91 Å². The molecule has 13 heavy (non-hydrogen) atoms. The lowest BCUT2D eigenvalue weighted by molar-refractivity contribution is -0.116. The highest BCUT2D eigenvalue weighted by atomic mass is 16.6. The number of rotatable bonds is 2. The zero-order chi connectivity index (χ0) is 10.0. The van der Waals surface area contributed by atoms with Gasteiger partial charge in [0.2, 0.25) is 0 Å². The van der Waals surface area contributed by atoms with Crippen molar-refractivity contribution in [2.45, 2.75) is 13.8 Å². The number of aliphatic hydroxyl groups is 1. The fourth-order valence-corrected chi connectivity index (χ4v) is 1.04. The number of hydrogen-bond acceptors (Lipinski definition) is 4. The van der Waals surface area contributed by atoms with E-state index in [4.69, 9.17) is 5.11 Å². The van der Waals surface area contributed by atoms with E-state index in [0.29, 0.717) is 5.57 Å². The highest BCUT2D eigenvalue weighted by Crippen LogP contribution is 2.18. The smallest absolute Gasteiger partial charge is 0.404 e. The molecule has 0 aliphatic carbocycles. The molecule has 0 aromatic rings. The Morgan fingerprint density at radius 1 is 1.54 bits per heavy atom. The maximum atomic E-state index is 11.1. The predicted octanol–water partition coefficient (Wildman–Crippen LogP) is 0.155. The Hall–Kier alpha value is -1.36. The molecular weight excluding hydrogens is 174 g/mol. The minimum Gasteiger partial charge on any atom is -0.404 e. The van der Waals surface area contributed by atoms with Gasteiger partial charge in [0.15, 0.2) is 5.76 Å². The van der Waals surface area contributed by atoms with Gasteiger partial charge in [0, 0.05) is 5.57 Å². The van der Waals surface area contributed by atoms with Crippen LogP contribution in [0.3, 0.4) is 0 Å². The summed E-state index contributed by atoms with van der Waals surface area (Å²) < 4.78 is 4.61. The third kappa shape index (κ3) is 1.86. The number of carbonyl (C=O) groups excluding carboxylic acids is 2. The van der Waals surface area contributed by atoms with Gasteiger partial charge in [-0.25, -0.2) is 4.79 Å². The molecule has 0 aromatic carbocycles. The van der Waals surface area contributed by atoms with Crippen LogP contribution in [0.25, 0.3) is 0 Å². The molecule has 5 nitrogen and oxygen atoms in total. The summed E-state index contributed by atoms with van der Waals surface area (Å²) in [6, 6.07) is 0. The van der Waals surface area contributed by atoms with Crippen LogP contribution < -0.4 is 5.32 Å². The van der Waals surface area contributed by atoms with Crippen molar-refractivity contribution < 1.29 is 19.4 Å². The lowest BCUT2D eigenvalue weighted by Crippen LogP contribution is -2.19. The fourth-order valence-electron chi connectivity index (χ4n) is 1.04. The number of ether oxygens (including phenoxy) is 1. The van der Waals surface area contributed by atoms with Crippen LogP contribution in [0.15, 0.2) is 11.3 Å². The number of imide groups is 1. The molecule has 1 aliphatic heterocycles. The summed E-state index contributed by atoms with van der Waals surface area (Å²) in [5.74, 6) is -0.679. The molecular formula is C8H11NO4. The Bertz CT molecular complexity index is 280. The molecule has 0 atom stereocenters. The number of aliphatic hydroxyl groups excluding tert-OH is 1. The predicted molar refractivity (Wildman–Crippen MR) is 43.6 cm³/mol. The van der Waals surface area contributed by atoms with Crippen LogP contribution in [-0.4, -0.2) is 23.7 Å². The average Bonchev–Trinajstić information content (AvgIpc) is 2.31. The number of hydrogen-bond donors (Lipinski definition) is 2. The monoisotopic (exact) mass is 185 g/mol. The van der Waals surface area contributed by atoms with Gasteiger partial charge in [-0.15, -0.1) is 0 Å². The maximum absolute atomic E-state index is 11.1. The van der Waals surface area contributed by atoms with E-state index < -0.39 is 12.0 Å². The van der Waals surface area contributed by atoms with Crippen LogP contribution in [0.5, 0.6) is 0 Å². The molecule has 0 radical (unpaired) electrons. The molecule has 0 aromatic heterocycles. The number of carbonyl (C=O) groups is 2. The van der Waals surface area contributed by atoms with Gasteiger partial charge in [-0.2, -0.15) is 0 Å². The fraction of sp³-hybridized carbons (Fsp3) is 0.500. The van der Waals surface area contributed by atoms with E-state index in [0.717, 1.165) is 0 Å². The quantitative estimate of drug-likeness (QED) is 0.600. The van der Waals surface area contributed by atoms with Crippen LogP contribution in [0, 0.1) is 5.92 Å². The summed E-state index contributed by atoms with van der Waals surface area (Å²) in [4.78, 5) is 21.7. The van der Waals surface area contributed by atoms with Gasteiger partial charge in [0.1, 0.15) is 0 Å². The van der Waals surface area contributed by atoms with Gasteiger partial charge in [0.05, 0.1) is 6.61 Å². The molecule has 1 rings (SSSR count). The van der Waals surface area contributed by atoms with Crippen LogP contribution >= 0.6 is 0 Å². The topological polar surface area (TPSA) is 75.6 Å². The molecule has 0 unspecified atom stereocenters. The van der Waals surface area contributed by atoms with E-state index in [2.05, 4.69) is 4.74 Å². The number of cyclic esters (lactones) is 1. The maximum Gasteiger partial charge on any atom is 0.419 e. The van der Waals surface area contributed by atoms with Gasteiger partial charge < -0.3 is 9.84 Å². The van der Waals surface area contributed by atoms with E-state index in [9.17, 15) is 9.59 Å². The molecule has 72 valence electrons. The van der Waals surface area contributed by atoms with Crippen molar-refractivity contribution in [2.75, 3.05) is 6.61 Å². The van der Waals surface area contributed by atoms with Crippen LogP contribution in [0.4, 0.5) is 4.79 Å².